The fraction of sp³-hybridized carbons (Fsp3) is 0.421. The van der Waals surface area contributed by atoms with Gasteiger partial charge in [0, 0.05) is 6.04 Å². The van der Waals surface area contributed by atoms with Gasteiger partial charge in [-0.15, -0.1) is 0 Å². The van der Waals surface area contributed by atoms with Crippen molar-refractivity contribution < 1.29 is 4.42 Å². The van der Waals surface area contributed by atoms with Crippen LogP contribution < -0.4 is 16.4 Å². The Morgan fingerprint density at radius 3 is 3.04 bits per heavy atom. The van der Waals surface area contributed by atoms with Crippen LogP contribution in [0.15, 0.2) is 47.1 Å². The van der Waals surface area contributed by atoms with Crippen LogP contribution in [-0.2, 0) is 6.54 Å². The Morgan fingerprint density at radius 2 is 2.20 bits per heavy atom. The normalized spacial score (nSPS) is 20.8. The third-order valence-electron chi connectivity index (χ3n) is 5.01. The zero-order valence-corrected chi connectivity index (χ0v) is 14.3. The number of nitrogens with one attached hydrogen (secondary N) is 2. The van der Waals surface area contributed by atoms with Crippen molar-refractivity contribution in [1.29, 1.82) is 0 Å². The summed E-state index contributed by atoms with van der Waals surface area (Å²) < 4.78 is 7.76. The maximum Gasteiger partial charge on any atom is 0.204 e. The van der Waals surface area contributed by atoms with E-state index in [4.69, 9.17) is 15.1 Å². The predicted molar refractivity (Wildman–Crippen MR) is 99.6 cm³/mol. The van der Waals surface area contributed by atoms with E-state index in [-0.39, 0.29) is 0 Å². The molecule has 4 N–H and O–H groups in total. The molecule has 2 aromatic heterocycles. The average Bonchev–Trinajstić information content (AvgIpc) is 3.26. The number of imidazole rings is 1. The van der Waals surface area contributed by atoms with E-state index >= 15 is 0 Å². The molecule has 1 aliphatic heterocycles. The summed E-state index contributed by atoms with van der Waals surface area (Å²) in [5.41, 5.74) is 7.92. The van der Waals surface area contributed by atoms with Crippen molar-refractivity contribution in [3.8, 4) is 0 Å². The molecule has 0 spiro atoms. The Kier molecular flexibility index (Phi) is 4.72. The number of nitrogens with two attached hydrogens (primary N) is 1. The molecule has 3 aromatic rings. The minimum atomic E-state index is 0.386. The Bertz CT molecular complexity index is 808. The van der Waals surface area contributed by atoms with Crippen LogP contribution in [0.1, 0.15) is 18.6 Å². The van der Waals surface area contributed by atoms with E-state index < -0.39 is 0 Å². The van der Waals surface area contributed by atoms with Gasteiger partial charge in [0.2, 0.25) is 5.95 Å². The quantitative estimate of drug-likeness (QED) is 0.642. The van der Waals surface area contributed by atoms with Gasteiger partial charge in [-0.3, -0.25) is 0 Å². The summed E-state index contributed by atoms with van der Waals surface area (Å²) in [7, 11) is 0. The summed E-state index contributed by atoms with van der Waals surface area (Å²) >= 11 is 0. The van der Waals surface area contributed by atoms with Crippen molar-refractivity contribution in [2.45, 2.75) is 25.4 Å². The lowest BCUT2D eigenvalue weighted by atomic mass is 9.90. The number of benzene rings is 1. The van der Waals surface area contributed by atoms with E-state index in [0.717, 1.165) is 48.7 Å². The van der Waals surface area contributed by atoms with Crippen LogP contribution in [0, 0.1) is 5.92 Å². The molecule has 0 radical (unpaired) electrons. The molecule has 2 atom stereocenters. The van der Waals surface area contributed by atoms with Crippen LogP contribution in [-0.4, -0.2) is 35.2 Å². The van der Waals surface area contributed by atoms with Gasteiger partial charge in [0.1, 0.15) is 5.76 Å². The first-order valence-corrected chi connectivity index (χ1v) is 9.00. The van der Waals surface area contributed by atoms with Crippen LogP contribution in [0.4, 0.5) is 5.95 Å². The van der Waals surface area contributed by atoms with E-state index in [1.807, 2.05) is 24.3 Å². The molecule has 0 saturated carbocycles. The van der Waals surface area contributed by atoms with Gasteiger partial charge in [-0.25, -0.2) is 4.98 Å². The number of piperidine rings is 1. The van der Waals surface area contributed by atoms with Crippen molar-refractivity contribution >= 4 is 17.0 Å². The van der Waals surface area contributed by atoms with Gasteiger partial charge in [-0.05, 0) is 62.7 Å². The molecule has 1 aliphatic rings. The maximum absolute atomic E-state index is 5.81. The molecule has 6 heteroatoms. The molecule has 2 unspecified atom stereocenters. The lowest BCUT2D eigenvalue weighted by molar-refractivity contribution is 0.328. The lowest BCUT2D eigenvalue weighted by Crippen LogP contribution is -2.45. The van der Waals surface area contributed by atoms with Gasteiger partial charge in [-0.1, -0.05) is 12.1 Å². The number of nitrogens with zero attached hydrogens (tertiary/aromatic N) is 2. The standard InChI is InChI=1S/C19H25N5O/c20-9-7-14-12-21-10-8-16(14)22-19-23-17-5-1-2-6-18(17)24(19)13-15-4-3-11-25-15/h1-6,11,14,16,21H,7-10,12-13,20H2,(H,22,23). The Morgan fingerprint density at radius 1 is 1.28 bits per heavy atom. The van der Waals surface area contributed by atoms with Crippen LogP contribution in [0.2, 0.25) is 0 Å². The number of furan rings is 1. The Hall–Kier alpha value is -2.31. The first-order chi connectivity index (χ1) is 12.3. The van der Waals surface area contributed by atoms with Crippen LogP contribution >= 0.6 is 0 Å². The molecule has 4 rings (SSSR count). The van der Waals surface area contributed by atoms with E-state index in [1.165, 1.54) is 0 Å². The fourth-order valence-corrected chi connectivity index (χ4v) is 3.70. The van der Waals surface area contributed by atoms with E-state index in [9.17, 15) is 0 Å². The van der Waals surface area contributed by atoms with Crippen molar-refractivity contribution in [3.05, 3.63) is 48.4 Å². The van der Waals surface area contributed by atoms with Crippen molar-refractivity contribution in [2.75, 3.05) is 25.0 Å². The molecule has 0 amide bonds. The van der Waals surface area contributed by atoms with E-state index in [0.29, 0.717) is 25.0 Å². The lowest BCUT2D eigenvalue weighted by Gasteiger charge is -2.33. The largest absolute Gasteiger partial charge is 0.467 e. The van der Waals surface area contributed by atoms with Crippen molar-refractivity contribution in [1.82, 2.24) is 14.9 Å². The number of aromatic nitrogens is 2. The second-order valence-electron chi connectivity index (χ2n) is 6.67. The van der Waals surface area contributed by atoms with Gasteiger partial charge in [0.05, 0.1) is 23.8 Å². The Labute approximate surface area is 147 Å². The van der Waals surface area contributed by atoms with Gasteiger partial charge in [0.25, 0.3) is 0 Å². The van der Waals surface area contributed by atoms with Crippen LogP contribution in [0.5, 0.6) is 0 Å². The number of hydrogen-bond acceptors (Lipinski definition) is 5. The van der Waals surface area contributed by atoms with Crippen molar-refractivity contribution in [2.24, 2.45) is 11.7 Å². The highest BCUT2D eigenvalue weighted by Gasteiger charge is 2.26. The Balaban J connectivity index is 1.65. The summed E-state index contributed by atoms with van der Waals surface area (Å²) in [5, 5.41) is 7.18. The van der Waals surface area contributed by atoms with Gasteiger partial charge in [0.15, 0.2) is 0 Å². The average molecular weight is 339 g/mol. The molecule has 25 heavy (non-hydrogen) atoms. The molecule has 0 aliphatic carbocycles. The number of para-hydroxylation sites is 2. The maximum atomic E-state index is 5.81. The van der Waals surface area contributed by atoms with Gasteiger partial charge < -0.3 is 25.4 Å². The van der Waals surface area contributed by atoms with Gasteiger partial charge in [-0.2, -0.15) is 0 Å². The molecule has 3 heterocycles. The predicted octanol–water partition coefficient (Wildman–Crippen LogP) is 2.42. The summed E-state index contributed by atoms with van der Waals surface area (Å²) in [4.78, 5) is 4.84. The molecule has 1 saturated heterocycles. The number of fused-ring (bicyclic) bond motifs is 1. The first kappa shape index (κ1) is 16.2. The van der Waals surface area contributed by atoms with Crippen LogP contribution in [0.25, 0.3) is 11.0 Å². The minimum absolute atomic E-state index is 0.386. The number of hydrogen-bond donors (Lipinski definition) is 3. The van der Waals surface area contributed by atoms with Gasteiger partial charge >= 0.3 is 0 Å². The monoisotopic (exact) mass is 339 g/mol. The molecule has 0 bridgehead atoms. The highest BCUT2D eigenvalue weighted by atomic mass is 16.3. The van der Waals surface area contributed by atoms with E-state index in [2.05, 4.69) is 27.3 Å². The zero-order valence-electron chi connectivity index (χ0n) is 14.3. The molecule has 132 valence electrons. The SMILES string of the molecule is NCCC1CNCCC1Nc1nc2ccccc2n1Cc1ccco1. The second-order valence-corrected chi connectivity index (χ2v) is 6.67. The van der Waals surface area contributed by atoms with Crippen molar-refractivity contribution in [3.63, 3.8) is 0 Å². The summed E-state index contributed by atoms with van der Waals surface area (Å²) in [6.45, 7) is 3.42. The first-order valence-electron chi connectivity index (χ1n) is 9.00. The van der Waals surface area contributed by atoms with Crippen LogP contribution in [0.3, 0.4) is 0 Å². The van der Waals surface area contributed by atoms with E-state index in [1.54, 1.807) is 6.26 Å². The minimum Gasteiger partial charge on any atom is -0.467 e. The third-order valence-corrected chi connectivity index (χ3v) is 5.01. The highest BCUT2D eigenvalue weighted by Crippen LogP contribution is 2.25. The second kappa shape index (κ2) is 7.29. The smallest absolute Gasteiger partial charge is 0.204 e. The molecule has 6 nitrogen and oxygen atoms in total. The molecular weight excluding hydrogens is 314 g/mol. The topological polar surface area (TPSA) is 81.0 Å². The molecule has 1 fully saturated rings. The summed E-state index contributed by atoms with van der Waals surface area (Å²) in [5.74, 6) is 2.36. The highest BCUT2D eigenvalue weighted by molar-refractivity contribution is 5.78. The third kappa shape index (κ3) is 3.41. The summed E-state index contributed by atoms with van der Waals surface area (Å²) in [6, 6.07) is 12.5. The fourth-order valence-electron chi connectivity index (χ4n) is 3.70. The molecular formula is C19H25N5O. The zero-order chi connectivity index (χ0) is 17.1. The summed E-state index contributed by atoms with van der Waals surface area (Å²) in [6.07, 6.45) is 3.81. The number of rotatable bonds is 6. The number of anilines is 1. The molecule has 1 aromatic carbocycles.